The van der Waals surface area contributed by atoms with Gasteiger partial charge in [0.2, 0.25) is 5.91 Å². The van der Waals surface area contributed by atoms with Crippen molar-refractivity contribution in [2.24, 2.45) is 5.73 Å². The van der Waals surface area contributed by atoms with E-state index in [0.29, 0.717) is 6.42 Å². The topological polar surface area (TPSA) is 72.9 Å². The van der Waals surface area contributed by atoms with Gasteiger partial charge in [-0.25, -0.2) is 0 Å². The molecule has 5 nitrogen and oxygen atoms in total. The molecule has 0 radical (unpaired) electrons. The van der Waals surface area contributed by atoms with Crippen LogP contribution in [0.15, 0.2) is 0 Å². The molecule has 0 aliphatic heterocycles. The highest BCUT2D eigenvalue weighted by atomic mass is 16.1. The van der Waals surface area contributed by atoms with Crippen LogP contribution >= 0.6 is 0 Å². The molecule has 5 heteroatoms. The van der Waals surface area contributed by atoms with Crippen molar-refractivity contribution >= 4 is 11.6 Å². The van der Waals surface area contributed by atoms with E-state index in [2.05, 4.69) is 31.2 Å². The Labute approximate surface area is 115 Å². The van der Waals surface area contributed by atoms with Crippen LogP contribution in [0.4, 0.5) is 5.69 Å². The molecular formula is C14H26N4O. The first-order valence-corrected chi connectivity index (χ1v) is 6.97. The number of nitrogens with two attached hydrogens (primary N) is 1. The second-order valence-electron chi connectivity index (χ2n) is 5.39. The van der Waals surface area contributed by atoms with Gasteiger partial charge < -0.3 is 11.1 Å². The molecule has 0 bridgehead atoms. The van der Waals surface area contributed by atoms with E-state index in [1.54, 1.807) is 0 Å². The van der Waals surface area contributed by atoms with Crippen LogP contribution in [0.3, 0.4) is 0 Å². The number of aromatic nitrogens is 2. The zero-order valence-corrected chi connectivity index (χ0v) is 12.7. The van der Waals surface area contributed by atoms with Crippen molar-refractivity contribution in [1.29, 1.82) is 0 Å². The van der Waals surface area contributed by atoms with E-state index >= 15 is 0 Å². The zero-order valence-electron chi connectivity index (χ0n) is 12.7. The van der Waals surface area contributed by atoms with Gasteiger partial charge in [-0.15, -0.1) is 0 Å². The van der Waals surface area contributed by atoms with E-state index in [1.165, 1.54) is 0 Å². The van der Waals surface area contributed by atoms with Crippen molar-refractivity contribution in [1.82, 2.24) is 9.78 Å². The van der Waals surface area contributed by atoms with Crippen molar-refractivity contribution in [3.63, 3.8) is 0 Å². The highest BCUT2D eigenvalue weighted by Crippen LogP contribution is 2.22. The highest BCUT2D eigenvalue weighted by Gasteiger charge is 2.16. The summed E-state index contributed by atoms with van der Waals surface area (Å²) < 4.78 is 1.93. The predicted octanol–water partition coefficient (Wildman–Crippen LogP) is 2.54. The molecule has 0 saturated heterocycles. The van der Waals surface area contributed by atoms with Crippen LogP contribution in [-0.4, -0.2) is 21.7 Å². The molecule has 3 N–H and O–H groups in total. The lowest BCUT2D eigenvalue weighted by molar-refractivity contribution is -0.116. The lowest BCUT2D eigenvalue weighted by atomic mass is 10.1. The third-order valence-corrected chi connectivity index (χ3v) is 3.19. The first-order chi connectivity index (χ1) is 8.86. The monoisotopic (exact) mass is 266 g/mol. The van der Waals surface area contributed by atoms with Gasteiger partial charge in [0.05, 0.1) is 17.1 Å². The molecule has 0 aromatic carbocycles. The Morgan fingerprint density at radius 2 is 2.05 bits per heavy atom. The number of nitrogens with one attached hydrogen (secondary N) is 1. The molecule has 1 heterocycles. The summed E-state index contributed by atoms with van der Waals surface area (Å²) in [6.07, 6.45) is 2.23. The van der Waals surface area contributed by atoms with E-state index < -0.39 is 0 Å². The SMILES string of the molecule is CCCC(N)CC(=O)Nc1c(C)nn(C(C)C)c1C. The van der Waals surface area contributed by atoms with Gasteiger partial charge in [0, 0.05) is 18.5 Å². The van der Waals surface area contributed by atoms with Crippen LogP contribution in [0.1, 0.15) is 57.5 Å². The Morgan fingerprint density at radius 3 is 2.53 bits per heavy atom. The minimum Gasteiger partial charge on any atom is -0.327 e. The third kappa shape index (κ3) is 4.06. The third-order valence-electron chi connectivity index (χ3n) is 3.19. The minimum absolute atomic E-state index is 0.0320. The summed E-state index contributed by atoms with van der Waals surface area (Å²) in [5, 5.41) is 7.39. The quantitative estimate of drug-likeness (QED) is 0.831. The summed E-state index contributed by atoms with van der Waals surface area (Å²) in [4.78, 5) is 12.0. The lowest BCUT2D eigenvalue weighted by Crippen LogP contribution is -2.27. The van der Waals surface area contributed by atoms with Gasteiger partial charge in [0.1, 0.15) is 0 Å². The Bertz CT molecular complexity index is 437. The second kappa shape index (κ2) is 6.70. The van der Waals surface area contributed by atoms with E-state index in [0.717, 1.165) is 29.9 Å². The summed E-state index contributed by atoms with van der Waals surface area (Å²) in [5.41, 5.74) is 8.55. The van der Waals surface area contributed by atoms with Crippen molar-refractivity contribution in [2.45, 2.75) is 66.0 Å². The van der Waals surface area contributed by atoms with Crippen molar-refractivity contribution in [3.8, 4) is 0 Å². The molecule has 1 rings (SSSR count). The number of nitrogens with zero attached hydrogens (tertiary/aromatic N) is 2. The first kappa shape index (κ1) is 15.7. The number of hydrogen-bond donors (Lipinski definition) is 2. The number of anilines is 1. The maximum atomic E-state index is 12.0. The molecular weight excluding hydrogens is 240 g/mol. The second-order valence-corrected chi connectivity index (χ2v) is 5.39. The van der Waals surface area contributed by atoms with E-state index in [-0.39, 0.29) is 18.0 Å². The van der Waals surface area contributed by atoms with Gasteiger partial charge in [-0.05, 0) is 34.1 Å². The summed E-state index contributed by atoms with van der Waals surface area (Å²) >= 11 is 0. The Morgan fingerprint density at radius 1 is 1.42 bits per heavy atom. The van der Waals surface area contributed by atoms with Gasteiger partial charge >= 0.3 is 0 Å². The maximum absolute atomic E-state index is 12.0. The molecule has 0 aliphatic carbocycles. The normalized spacial score (nSPS) is 12.8. The first-order valence-electron chi connectivity index (χ1n) is 6.97. The number of amides is 1. The standard InChI is InChI=1S/C14H26N4O/c1-6-7-12(15)8-13(19)16-14-10(4)17-18(9(2)3)11(14)5/h9,12H,6-8,15H2,1-5H3,(H,16,19). The number of aryl methyl sites for hydroxylation is 1. The Balaban J connectivity index is 2.74. The molecule has 19 heavy (non-hydrogen) atoms. The van der Waals surface area contributed by atoms with Crippen molar-refractivity contribution < 1.29 is 4.79 Å². The zero-order chi connectivity index (χ0) is 14.6. The van der Waals surface area contributed by atoms with Crippen LogP contribution in [0.25, 0.3) is 0 Å². The molecule has 108 valence electrons. The van der Waals surface area contributed by atoms with E-state index in [9.17, 15) is 4.79 Å². The van der Waals surface area contributed by atoms with Gasteiger partial charge in [-0.1, -0.05) is 13.3 Å². The molecule has 0 aliphatic rings. The summed E-state index contributed by atoms with van der Waals surface area (Å²) in [6, 6.07) is 0.220. The number of carbonyl (C=O) groups excluding carboxylic acids is 1. The molecule has 0 fully saturated rings. The fourth-order valence-electron chi connectivity index (χ4n) is 2.25. The highest BCUT2D eigenvalue weighted by molar-refractivity contribution is 5.92. The van der Waals surface area contributed by atoms with Crippen LogP contribution in [-0.2, 0) is 4.79 Å². The number of carbonyl (C=O) groups is 1. The van der Waals surface area contributed by atoms with Crippen LogP contribution in [0, 0.1) is 13.8 Å². The molecule has 0 spiro atoms. The van der Waals surface area contributed by atoms with Gasteiger partial charge in [-0.2, -0.15) is 5.10 Å². The predicted molar refractivity (Wildman–Crippen MR) is 78.2 cm³/mol. The molecule has 1 aromatic heterocycles. The fourth-order valence-corrected chi connectivity index (χ4v) is 2.25. The average molecular weight is 266 g/mol. The van der Waals surface area contributed by atoms with Gasteiger partial charge in [0.15, 0.2) is 0 Å². The summed E-state index contributed by atoms with van der Waals surface area (Å²) in [5.74, 6) is -0.0320. The van der Waals surface area contributed by atoms with Crippen molar-refractivity contribution in [3.05, 3.63) is 11.4 Å². The molecule has 1 amide bonds. The molecule has 1 unspecified atom stereocenters. The van der Waals surface area contributed by atoms with E-state index in [4.69, 9.17) is 5.73 Å². The fraction of sp³-hybridized carbons (Fsp3) is 0.714. The van der Waals surface area contributed by atoms with Crippen LogP contribution in [0.2, 0.25) is 0 Å². The summed E-state index contributed by atoms with van der Waals surface area (Å²) in [7, 11) is 0. The molecule has 1 aromatic rings. The average Bonchev–Trinajstić information content (AvgIpc) is 2.57. The van der Waals surface area contributed by atoms with Gasteiger partial charge in [0.25, 0.3) is 0 Å². The van der Waals surface area contributed by atoms with Crippen LogP contribution < -0.4 is 11.1 Å². The minimum atomic E-state index is -0.0641. The van der Waals surface area contributed by atoms with Crippen molar-refractivity contribution in [2.75, 3.05) is 5.32 Å². The Hall–Kier alpha value is -1.36. The lowest BCUT2D eigenvalue weighted by Gasteiger charge is -2.12. The van der Waals surface area contributed by atoms with Crippen LogP contribution in [0.5, 0.6) is 0 Å². The maximum Gasteiger partial charge on any atom is 0.226 e. The smallest absolute Gasteiger partial charge is 0.226 e. The summed E-state index contributed by atoms with van der Waals surface area (Å²) in [6.45, 7) is 10.1. The molecule has 1 atom stereocenters. The number of rotatable bonds is 6. The number of hydrogen-bond acceptors (Lipinski definition) is 3. The van der Waals surface area contributed by atoms with E-state index in [1.807, 2.05) is 18.5 Å². The molecule has 0 saturated carbocycles. The largest absolute Gasteiger partial charge is 0.327 e. The Kier molecular flexibility index (Phi) is 5.54. The van der Waals surface area contributed by atoms with Gasteiger partial charge in [-0.3, -0.25) is 9.48 Å².